The van der Waals surface area contributed by atoms with Gasteiger partial charge in [-0.3, -0.25) is 9.48 Å². The third-order valence-corrected chi connectivity index (χ3v) is 18.1. The molecule has 9 nitrogen and oxygen atoms in total. The quantitative estimate of drug-likeness (QED) is 0.0775. The van der Waals surface area contributed by atoms with Crippen molar-refractivity contribution in [3.8, 4) is 11.1 Å². The summed E-state index contributed by atoms with van der Waals surface area (Å²) in [5, 5.41) is 15.9. The number of nitrogens with zero attached hydrogens (tertiary/aromatic N) is 4. The summed E-state index contributed by atoms with van der Waals surface area (Å²) in [5.74, 6) is 0.998. The molecule has 4 aromatic carbocycles. The van der Waals surface area contributed by atoms with Crippen LogP contribution in [0.25, 0.3) is 27.7 Å². The van der Waals surface area contributed by atoms with E-state index >= 15 is 4.39 Å². The van der Waals surface area contributed by atoms with Gasteiger partial charge >= 0.3 is 0 Å². The molecule has 2 aliphatic heterocycles. The van der Waals surface area contributed by atoms with E-state index in [-0.39, 0.29) is 27.1 Å². The van der Waals surface area contributed by atoms with Gasteiger partial charge in [0.2, 0.25) is 5.91 Å². The number of benzene rings is 4. The van der Waals surface area contributed by atoms with E-state index in [1.165, 1.54) is 30.0 Å². The van der Waals surface area contributed by atoms with Gasteiger partial charge in [-0.2, -0.15) is 5.10 Å². The van der Waals surface area contributed by atoms with Crippen LogP contribution in [0.5, 0.6) is 0 Å². The first-order valence-electron chi connectivity index (χ1n) is 26.9. The zero-order valence-corrected chi connectivity index (χ0v) is 44.5. The molecule has 11 rings (SSSR count). The Labute approximate surface area is 437 Å². The zero-order chi connectivity index (χ0) is 51.7. The molecule has 6 aliphatic rings. The van der Waals surface area contributed by atoms with Crippen molar-refractivity contribution in [3.05, 3.63) is 148 Å². The lowest BCUT2D eigenvalue weighted by atomic mass is 9.56. The molecule has 12 heteroatoms. The third-order valence-electron chi connectivity index (χ3n) is 17.8. The normalized spacial score (nSPS) is 23.2. The first kappa shape index (κ1) is 52.4. The summed E-state index contributed by atoms with van der Waals surface area (Å²) in [7, 11) is 4.13. The molecule has 1 atom stereocenters. The van der Waals surface area contributed by atoms with Crippen molar-refractivity contribution in [2.45, 2.75) is 133 Å². The fourth-order valence-electron chi connectivity index (χ4n) is 13.3. The number of aryl methyl sites for hydroxylation is 2. The van der Waals surface area contributed by atoms with Crippen LogP contribution in [-0.4, -0.2) is 76.8 Å². The number of fused-ring (bicyclic) bond motifs is 5. The van der Waals surface area contributed by atoms with Gasteiger partial charge in [0.05, 0.1) is 10.5 Å². The smallest absolute Gasteiger partial charge is 0.228 e. The second-order valence-electron chi connectivity index (χ2n) is 22.2. The van der Waals surface area contributed by atoms with Crippen LogP contribution in [0.3, 0.4) is 0 Å². The molecule has 0 spiro atoms. The number of carbonyl (C=O) groups excluding carboxylic acids is 1. The van der Waals surface area contributed by atoms with Crippen LogP contribution in [0.1, 0.15) is 130 Å². The largest absolute Gasteiger partial charge is 0.399 e. The lowest BCUT2D eigenvalue weighted by Crippen LogP contribution is -2.59. The Hall–Kier alpha value is -5.49. The van der Waals surface area contributed by atoms with Crippen LogP contribution in [0.2, 0.25) is 5.02 Å². The Morgan fingerprint density at radius 3 is 2.26 bits per heavy atom. The Balaban J connectivity index is 0.000000188. The Kier molecular flexibility index (Phi) is 15.6. The van der Waals surface area contributed by atoms with Crippen molar-refractivity contribution < 1.29 is 13.6 Å². The van der Waals surface area contributed by atoms with Gasteiger partial charge in [0.25, 0.3) is 0 Å². The number of nitrogens with one attached hydrogen (secondary N) is 3. The highest BCUT2D eigenvalue weighted by Gasteiger charge is 2.53. The second-order valence-corrected chi connectivity index (χ2v) is 22.6. The number of hydrogen-bond acceptors (Lipinski definition) is 7. The second kappa shape index (κ2) is 21.8. The molecule has 388 valence electrons. The predicted octanol–water partition coefficient (Wildman–Crippen LogP) is 12.3. The Bertz CT molecular complexity index is 2840. The Morgan fingerprint density at radius 2 is 1.62 bits per heavy atom. The van der Waals surface area contributed by atoms with E-state index < -0.39 is 11.6 Å². The SMILES string of the molecule is C=C(N)c1ccc(CCC)c(F)c1-c1c(Cl)c(F)cc2c1CC(C)(c1ccccc1)C2.C=CNCCC(=C)Nc1nn(C)c2cc(C3CCN(C4CCN(C(=O)C56CCC(NC)(CC5)CC6)CC4)CC3)ccc12. The van der Waals surface area contributed by atoms with Crippen LogP contribution in [-0.2, 0) is 36.5 Å². The molecule has 5 fully saturated rings. The number of hydrogen-bond donors (Lipinski definition) is 4. The van der Waals surface area contributed by atoms with Crippen LogP contribution in [0.4, 0.5) is 14.6 Å². The van der Waals surface area contributed by atoms with Crippen molar-refractivity contribution in [1.29, 1.82) is 0 Å². The molecule has 1 amide bonds. The number of piperidine rings is 2. The van der Waals surface area contributed by atoms with Crippen molar-refractivity contribution in [2.75, 3.05) is 45.1 Å². The van der Waals surface area contributed by atoms with Crippen molar-refractivity contribution >= 4 is 39.9 Å². The first-order valence-corrected chi connectivity index (χ1v) is 27.3. The van der Waals surface area contributed by atoms with Gasteiger partial charge in [0, 0.05) is 89.0 Å². The zero-order valence-electron chi connectivity index (χ0n) is 43.8. The average Bonchev–Trinajstić information content (AvgIpc) is 3.92. The number of likely N-dealkylation sites (tertiary alicyclic amines) is 2. The first-order chi connectivity index (χ1) is 35.1. The summed E-state index contributed by atoms with van der Waals surface area (Å²) >= 11 is 6.52. The maximum atomic E-state index is 15.8. The summed E-state index contributed by atoms with van der Waals surface area (Å²) in [6.07, 6.45) is 16.5. The van der Waals surface area contributed by atoms with E-state index in [9.17, 15) is 9.18 Å². The molecule has 1 unspecified atom stereocenters. The minimum absolute atomic E-state index is 0.0631. The minimum Gasteiger partial charge on any atom is -0.399 e. The monoisotopic (exact) mass is 1010 g/mol. The molecule has 73 heavy (non-hydrogen) atoms. The number of halogens is 3. The summed E-state index contributed by atoms with van der Waals surface area (Å²) in [5.41, 5.74) is 14.4. The molecule has 5 N–H and O–H groups in total. The summed E-state index contributed by atoms with van der Waals surface area (Å²) in [4.78, 5) is 18.7. The maximum absolute atomic E-state index is 15.8. The molecular weight excluding hydrogens is 934 g/mol. The highest BCUT2D eigenvalue weighted by Crippen LogP contribution is 2.54. The van der Waals surface area contributed by atoms with Crippen molar-refractivity contribution in [1.82, 2.24) is 30.2 Å². The van der Waals surface area contributed by atoms with Gasteiger partial charge in [0.1, 0.15) is 11.6 Å². The fourth-order valence-corrected chi connectivity index (χ4v) is 13.5. The maximum Gasteiger partial charge on any atom is 0.228 e. The lowest BCUT2D eigenvalue weighted by Gasteiger charge is -2.54. The van der Waals surface area contributed by atoms with Crippen LogP contribution in [0, 0.1) is 17.0 Å². The van der Waals surface area contributed by atoms with Crippen LogP contribution >= 0.6 is 11.6 Å². The molecule has 3 heterocycles. The Morgan fingerprint density at radius 1 is 0.918 bits per heavy atom. The molecule has 0 radical (unpaired) electrons. The topological polar surface area (TPSA) is 103 Å². The molecule has 2 saturated heterocycles. The molecule has 1 aromatic heterocycles. The van der Waals surface area contributed by atoms with Crippen molar-refractivity contribution in [2.24, 2.45) is 18.2 Å². The summed E-state index contributed by atoms with van der Waals surface area (Å²) in [6, 6.07) is 22.6. The van der Waals surface area contributed by atoms with E-state index in [0.717, 1.165) is 131 Å². The van der Waals surface area contributed by atoms with E-state index in [0.29, 0.717) is 59.4 Å². The number of anilines is 1. The lowest BCUT2D eigenvalue weighted by molar-refractivity contribution is -0.151. The van der Waals surface area contributed by atoms with Gasteiger partial charge in [-0.05, 0) is 162 Å². The summed E-state index contributed by atoms with van der Waals surface area (Å²) in [6.45, 7) is 20.8. The highest BCUT2D eigenvalue weighted by molar-refractivity contribution is 6.34. The van der Waals surface area contributed by atoms with E-state index in [1.54, 1.807) is 18.3 Å². The van der Waals surface area contributed by atoms with Gasteiger partial charge in [0.15, 0.2) is 5.82 Å². The number of aromatic nitrogens is 2. The molecule has 5 aromatic rings. The standard InChI is InChI=1S/C34H51N7O.C27H26ClF2N/c1-5-36-19-8-25(2)37-31-29-7-6-27(24-30(29)39(4)38-31)26-9-20-40(21-10-26)28-11-22-41(23-12-28)32(42)33-13-16-34(35-3,17-14-33)18-15-33;1-4-8-17-11-12-20(16(2)31)24(26(17)30)23-21-15-27(3,19-9-6-5-7-10-19)14-18(21)13-22(29)25(23)28/h5-7,24,26,28,35-36H,1-2,8-23H2,3-4H3,(H,37,38);5-7,9-13H,2,4,8,14-15,31H2,1,3H3. The van der Waals surface area contributed by atoms with E-state index in [1.807, 2.05) is 36.9 Å². The van der Waals surface area contributed by atoms with Gasteiger partial charge in [-0.1, -0.05) is 100 Å². The summed E-state index contributed by atoms with van der Waals surface area (Å²) < 4.78 is 32.7. The number of amides is 1. The molecule has 4 aliphatic carbocycles. The van der Waals surface area contributed by atoms with Gasteiger partial charge in [-0.15, -0.1) is 0 Å². The van der Waals surface area contributed by atoms with E-state index in [4.69, 9.17) is 22.4 Å². The van der Waals surface area contributed by atoms with Crippen molar-refractivity contribution in [3.63, 3.8) is 0 Å². The third kappa shape index (κ3) is 10.5. The fraction of sp³-hybridized carbons (Fsp3) is 0.475. The predicted molar refractivity (Wildman–Crippen MR) is 297 cm³/mol. The number of nitrogens with two attached hydrogens (primary N) is 1. The van der Waals surface area contributed by atoms with Crippen LogP contribution in [0.15, 0.2) is 98.4 Å². The van der Waals surface area contributed by atoms with Crippen LogP contribution < -0.4 is 21.7 Å². The molecular formula is C61H77ClF2N8O. The minimum atomic E-state index is -0.540. The highest BCUT2D eigenvalue weighted by atomic mass is 35.5. The van der Waals surface area contributed by atoms with Gasteiger partial charge < -0.3 is 31.5 Å². The average molecular weight is 1010 g/mol. The van der Waals surface area contributed by atoms with Gasteiger partial charge in [-0.25, -0.2) is 8.78 Å². The number of carbonyl (C=O) groups is 1. The molecule has 2 bridgehead atoms. The van der Waals surface area contributed by atoms with E-state index in [2.05, 4.69) is 89.8 Å². The molecule has 3 saturated carbocycles. The number of rotatable bonds is 15.